The second-order valence-electron chi connectivity index (χ2n) is 5.60. The van der Waals surface area contributed by atoms with Crippen LogP contribution < -0.4 is 10.2 Å². The van der Waals surface area contributed by atoms with Crippen molar-refractivity contribution in [3.8, 4) is 0 Å². The van der Waals surface area contributed by atoms with Crippen molar-refractivity contribution < 1.29 is 19.0 Å². The van der Waals surface area contributed by atoms with Crippen LogP contribution in [0.5, 0.6) is 0 Å². The van der Waals surface area contributed by atoms with Crippen molar-refractivity contribution >= 4 is 35.0 Å². The van der Waals surface area contributed by atoms with Gasteiger partial charge in [-0.05, 0) is 23.7 Å². The number of aliphatic hydroxyl groups is 2. The summed E-state index contributed by atoms with van der Waals surface area (Å²) in [6, 6.07) is 2.82. The van der Waals surface area contributed by atoms with Crippen molar-refractivity contribution in [1.82, 2.24) is 15.0 Å². The minimum Gasteiger partial charge on any atom is -0.367 e. The lowest BCUT2D eigenvalue weighted by atomic mass is 10.2. The Balaban J connectivity index is 1.75. The van der Waals surface area contributed by atoms with E-state index in [1.807, 2.05) is 0 Å². The highest BCUT2D eigenvalue weighted by Crippen LogP contribution is 2.32. The summed E-state index contributed by atoms with van der Waals surface area (Å²) in [6.07, 6.45) is 1.51. The van der Waals surface area contributed by atoms with Gasteiger partial charge in [0.25, 0.3) is 5.91 Å². The second-order valence-corrected chi connectivity index (χ2v) is 7.05. The molecule has 11 heteroatoms. The van der Waals surface area contributed by atoms with Crippen LogP contribution in [0.25, 0.3) is 0 Å². The Hall–Kier alpha value is -1.75. The monoisotopic (exact) mass is 403 g/mol. The number of rotatable bonds is 5. The van der Waals surface area contributed by atoms with Gasteiger partial charge < -0.3 is 20.4 Å². The quantitative estimate of drug-likeness (QED) is 0.512. The number of nitrogens with one attached hydrogen (secondary N) is 1. The van der Waals surface area contributed by atoms with Gasteiger partial charge in [0.15, 0.2) is 11.6 Å². The van der Waals surface area contributed by atoms with Gasteiger partial charge in [-0.15, -0.1) is 0 Å². The molecule has 1 aliphatic rings. The molecule has 1 aliphatic heterocycles. The van der Waals surface area contributed by atoms with Gasteiger partial charge in [-0.25, -0.2) is 4.39 Å². The molecule has 0 saturated carbocycles. The number of halogens is 3. The third-order valence-electron chi connectivity index (χ3n) is 3.71. The molecule has 0 bridgehead atoms. The van der Waals surface area contributed by atoms with E-state index in [0.29, 0.717) is 17.9 Å². The van der Waals surface area contributed by atoms with E-state index < -0.39 is 17.5 Å². The minimum absolute atomic E-state index is 0.00688. The van der Waals surface area contributed by atoms with Crippen LogP contribution in [-0.4, -0.2) is 55.7 Å². The van der Waals surface area contributed by atoms with Crippen LogP contribution in [0.4, 0.5) is 20.4 Å². The summed E-state index contributed by atoms with van der Waals surface area (Å²) in [6.45, 7) is 0.461. The molecular formula is C15H16ClF2N5O2S. The van der Waals surface area contributed by atoms with Crippen LogP contribution >= 0.6 is 23.4 Å². The van der Waals surface area contributed by atoms with Crippen LogP contribution in [0.2, 0.25) is 5.28 Å². The highest BCUT2D eigenvalue weighted by atomic mass is 35.5. The number of thioether (sulfide) groups is 1. The Morgan fingerprint density at radius 3 is 2.81 bits per heavy atom. The highest BCUT2D eigenvalue weighted by molar-refractivity contribution is 7.99. The number of hydrogen-bond acceptors (Lipinski definition) is 8. The molecule has 0 radical (unpaired) electrons. The van der Waals surface area contributed by atoms with E-state index >= 15 is 0 Å². The summed E-state index contributed by atoms with van der Waals surface area (Å²) in [5.41, 5.74) is 0.623. The van der Waals surface area contributed by atoms with E-state index in [-0.39, 0.29) is 35.8 Å². The van der Waals surface area contributed by atoms with E-state index in [1.165, 1.54) is 23.9 Å². The zero-order valence-corrected chi connectivity index (χ0v) is 15.1. The number of anilines is 2. The third kappa shape index (κ3) is 4.32. The number of hydrogen-bond donors (Lipinski definition) is 3. The van der Waals surface area contributed by atoms with Gasteiger partial charge in [-0.1, -0.05) is 0 Å². The summed E-state index contributed by atoms with van der Waals surface area (Å²) >= 11 is 7.21. The first kappa shape index (κ1) is 19.0. The molecule has 3 N–H and O–H groups in total. The maximum atomic E-state index is 14.8. The first-order chi connectivity index (χ1) is 12.4. The summed E-state index contributed by atoms with van der Waals surface area (Å²) in [4.78, 5) is 12.6. The van der Waals surface area contributed by atoms with Crippen molar-refractivity contribution in [3.63, 3.8) is 0 Å². The third-order valence-corrected chi connectivity index (χ3v) is 4.94. The number of pyridine rings is 1. The van der Waals surface area contributed by atoms with Crippen LogP contribution in [-0.2, 0) is 6.42 Å². The number of aromatic nitrogens is 3. The van der Waals surface area contributed by atoms with Crippen molar-refractivity contribution in [2.75, 3.05) is 34.8 Å². The van der Waals surface area contributed by atoms with Crippen LogP contribution in [0.1, 0.15) is 5.69 Å². The summed E-state index contributed by atoms with van der Waals surface area (Å²) in [7, 11) is 0. The zero-order chi connectivity index (χ0) is 18.7. The maximum Gasteiger partial charge on any atom is 0.257 e. The fourth-order valence-electron chi connectivity index (χ4n) is 2.47. The Bertz CT molecular complexity index is 781. The molecule has 1 saturated heterocycles. The average Bonchev–Trinajstić information content (AvgIpc) is 2.59. The van der Waals surface area contributed by atoms with E-state index in [9.17, 15) is 19.0 Å². The van der Waals surface area contributed by atoms with Gasteiger partial charge in [-0.2, -0.15) is 26.1 Å². The normalized spacial score (nSPS) is 16.6. The minimum atomic E-state index is -2.23. The molecule has 26 heavy (non-hydrogen) atoms. The van der Waals surface area contributed by atoms with Gasteiger partial charge in [0, 0.05) is 31.0 Å². The molecule has 0 amide bonds. The molecule has 0 spiro atoms. The first-order valence-corrected chi connectivity index (χ1v) is 9.27. The largest absolute Gasteiger partial charge is 0.367 e. The summed E-state index contributed by atoms with van der Waals surface area (Å²) < 4.78 is 27.6. The molecule has 3 rings (SSSR count). The Morgan fingerprint density at radius 1 is 1.31 bits per heavy atom. The van der Waals surface area contributed by atoms with Gasteiger partial charge in [0.2, 0.25) is 11.1 Å². The Labute approximate surface area is 157 Å². The predicted octanol–water partition coefficient (Wildman–Crippen LogP) is 1.65. The molecule has 0 aromatic carbocycles. The van der Waals surface area contributed by atoms with Crippen LogP contribution in [0.3, 0.4) is 0 Å². The fraction of sp³-hybridized carbons (Fsp3) is 0.400. The molecule has 0 atom stereocenters. The van der Waals surface area contributed by atoms with Crippen molar-refractivity contribution in [2.24, 2.45) is 0 Å². The molecule has 0 aliphatic carbocycles. The zero-order valence-electron chi connectivity index (χ0n) is 13.5. The Kier molecular flexibility index (Phi) is 5.76. The van der Waals surface area contributed by atoms with E-state index in [1.54, 1.807) is 0 Å². The van der Waals surface area contributed by atoms with E-state index in [0.717, 1.165) is 11.1 Å². The highest BCUT2D eigenvalue weighted by Gasteiger charge is 2.38. The lowest BCUT2D eigenvalue weighted by molar-refractivity contribution is -0.141. The first-order valence-electron chi connectivity index (χ1n) is 7.74. The maximum absolute atomic E-state index is 14.8. The lowest BCUT2D eigenvalue weighted by Gasteiger charge is -2.39. The summed E-state index contributed by atoms with van der Waals surface area (Å²) in [5, 5.41) is 22.7. The van der Waals surface area contributed by atoms with E-state index in [2.05, 4.69) is 20.3 Å². The van der Waals surface area contributed by atoms with Crippen LogP contribution in [0.15, 0.2) is 18.3 Å². The molecule has 2 aromatic heterocycles. The van der Waals surface area contributed by atoms with E-state index in [4.69, 9.17) is 11.6 Å². The fourth-order valence-corrected chi connectivity index (χ4v) is 3.52. The second kappa shape index (κ2) is 7.87. The van der Waals surface area contributed by atoms with Gasteiger partial charge in [0.1, 0.15) is 5.82 Å². The molecule has 3 heterocycles. The van der Waals surface area contributed by atoms with Gasteiger partial charge >= 0.3 is 0 Å². The van der Waals surface area contributed by atoms with Gasteiger partial charge in [0.05, 0.1) is 11.9 Å². The number of nitrogens with zero attached hydrogens (tertiary/aromatic N) is 4. The summed E-state index contributed by atoms with van der Waals surface area (Å²) in [5.74, 6) is -3.35. The van der Waals surface area contributed by atoms with Crippen LogP contribution in [0, 0.1) is 11.6 Å². The average molecular weight is 404 g/mol. The van der Waals surface area contributed by atoms with Crippen molar-refractivity contribution in [2.45, 2.75) is 12.3 Å². The molecule has 7 nitrogen and oxygen atoms in total. The SMILES string of the molecule is OC1(O)CSCCN1c1nc(Cl)nc(NCCc2ccc(F)cn2)c1F. The predicted molar refractivity (Wildman–Crippen MR) is 95.2 cm³/mol. The molecule has 140 valence electrons. The lowest BCUT2D eigenvalue weighted by Crippen LogP contribution is -2.55. The van der Waals surface area contributed by atoms with Gasteiger partial charge in [-0.3, -0.25) is 4.98 Å². The molecule has 1 fully saturated rings. The van der Waals surface area contributed by atoms with Crippen molar-refractivity contribution in [1.29, 1.82) is 0 Å². The standard InChI is InChI=1S/C15H16ClF2N5O2S/c16-14-21-12(19-4-3-10-2-1-9(17)7-20-10)11(18)13(22-14)23-5-6-26-8-15(23,24)25/h1-2,7,24-25H,3-6,8H2,(H,19,21,22). The smallest absolute Gasteiger partial charge is 0.257 e. The topological polar surface area (TPSA) is 94.4 Å². The molecule has 2 aromatic rings. The molecular weight excluding hydrogens is 388 g/mol. The Morgan fingerprint density at radius 2 is 2.12 bits per heavy atom. The molecule has 0 unspecified atom stereocenters. The van der Waals surface area contributed by atoms with Crippen molar-refractivity contribution in [3.05, 3.63) is 40.9 Å².